The Morgan fingerprint density at radius 3 is 2.64 bits per heavy atom. The molecule has 0 amide bonds. The summed E-state index contributed by atoms with van der Waals surface area (Å²) in [5, 5.41) is 18.1. The Labute approximate surface area is 126 Å². The van der Waals surface area contributed by atoms with E-state index >= 15 is 0 Å². The van der Waals surface area contributed by atoms with Gasteiger partial charge in [0.15, 0.2) is 0 Å². The van der Waals surface area contributed by atoms with Gasteiger partial charge in [0, 0.05) is 31.2 Å². The summed E-state index contributed by atoms with van der Waals surface area (Å²) in [6, 6.07) is 12.6. The lowest BCUT2D eigenvalue weighted by atomic mass is 10.2. The monoisotopic (exact) mass is 295 g/mol. The van der Waals surface area contributed by atoms with Gasteiger partial charge in [0.25, 0.3) is 0 Å². The van der Waals surface area contributed by atoms with Crippen LogP contribution in [0.15, 0.2) is 61.1 Å². The molecule has 7 nitrogen and oxygen atoms in total. The van der Waals surface area contributed by atoms with Crippen LogP contribution in [-0.4, -0.2) is 19.7 Å². The van der Waals surface area contributed by atoms with Crippen molar-refractivity contribution < 1.29 is 4.92 Å². The van der Waals surface area contributed by atoms with Crippen molar-refractivity contribution in [1.82, 2.24) is 14.8 Å². The molecule has 0 atom stereocenters. The molecule has 7 heteroatoms. The Morgan fingerprint density at radius 2 is 1.95 bits per heavy atom. The lowest BCUT2D eigenvalue weighted by molar-refractivity contribution is -0.384. The zero-order valence-corrected chi connectivity index (χ0v) is 11.6. The minimum Gasteiger partial charge on any atom is -0.360 e. The molecule has 0 spiro atoms. The highest BCUT2D eigenvalue weighted by Crippen LogP contribution is 2.21. The van der Waals surface area contributed by atoms with E-state index in [1.54, 1.807) is 16.9 Å². The average Bonchev–Trinajstić information content (AvgIpc) is 3.08. The molecule has 1 N–H and O–H groups in total. The van der Waals surface area contributed by atoms with Crippen LogP contribution in [0.5, 0.6) is 0 Å². The summed E-state index contributed by atoms with van der Waals surface area (Å²) in [5.41, 5.74) is 1.92. The molecule has 0 fully saturated rings. The number of nitrogens with zero attached hydrogens (tertiary/aromatic N) is 4. The normalized spacial score (nSPS) is 10.4. The summed E-state index contributed by atoms with van der Waals surface area (Å²) in [4.78, 5) is 14.5. The van der Waals surface area contributed by atoms with Crippen molar-refractivity contribution in [1.29, 1.82) is 0 Å². The maximum Gasteiger partial charge on any atom is 0.311 e. The fourth-order valence-corrected chi connectivity index (χ4v) is 2.05. The van der Waals surface area contributed by atoms with Gasteiger partial charge < -0.3 is 5.32 Å². The number of anilines is 1. The Balaban J connectivity index is 1.71. The molecule has 0 bridgehead atoms. The summed E-state index contributed by atoms with van der Waals surface area (Å²) in [5.74, 6) is 0.267. The first-order valence-corrected chi connectivity index (χ1v) is 6.66. The van der Waals surface area contributed by atoms with E-state index in [-0.39, 0.29) is 11.5 Å². The van der Waals surface area contributed by atoms with Gasteiger partial charge >= 0.3 is 5.69 Å². The van der Waals surface area contributed by atoms with E-state index in [2.05, 4.69) is 15.4 Å². The van der Waals surface area contributed by atoms with Crippen molar-refractivity contribution in [3.05, 3.63) is 76.7 Å². The van der Waals surface area contributed by atoms with E-state index in [4.69, 9.17) is 0 Å². The second-order valence-electron chi connectivity index (χ2n) is 4.60. The van der Waals surface area contributed by atoms with Crippen LogP contribution in [0.2, 0.25) is 0 Å². The first kappa shape index (κ1) is 13.7. The Bertz CT molecular complexity index is 769. The van der Waals surface area contributed by atoms with E-state index in [0.717, 1.165) is 11.3 Å². The standard InChI is InChI=1S/C15H13N5O2/c21-20(22)14-3-1-8-16-15(14)17-11-12-4-6-13(7-5-12)19-10-2-9-18-19/h1-10H,11H2,(H,16,17). The Morgan fingerprint density at radius 1 is 1.14 bits per heavy atom. The van der Waals surface area contributed by atoms with Crippen LogP contribution in [-0.2, 0) is 6.54 Å². The third kappa shape index (κ3) is 2.93. The average molecular weight is 295 g/mol. The number of nitrogens with one attached hydrogen (secondary N) is 1. The maximum atomic E-state index is 10.9. The molecule has 0 saturated heterocycles. The van der Waals surface area contributed by atoms with Crippen LogP contribution in [0.3, 0.4) is 0 Å². The van der Waals surface area contributed by atoms with Gasteiger partial charge in [-0.1, -0.05) is 12.1 Å². The van der Waals surface area contributed by atoms with Gasteiger partial charge in [-0.3, -0.25) is 10.1 Å². The lowest BCUT2D eigenvalue weighted by Gasteiger charge is -2.07. The molecular weight excluding hydrogens is 282 g/mol. The van der Waals surface area contributed by atoms with Crippen LogP contribution >= 0.6 is 0 Å². The lowest BCUT2D eigenvalue weighted by Crippen LogP contribution is -2.04. The van der Waals surface area contributed by atoms with Crippen LogP contribution in [0.25, 0.3) is 5.69 Å². The summed E-state index contributed by atoms with van der Waals surface area (Å²) < 4.78 is 1.76. The van der Waals surface area contributed by atoms with Crippen LogP contribution < -0.4 is 5.32 Å². The number of rotatable bonds is 5. The van der Waals surface area contributed by atoms with Crippen LogP contribution in [0.1, 0.15) is 5.56 Å². The predicted molar refractivity (Wildman–Crippen MR) is 81.8 cm³/mol. The molecule has 0 aliphatic heterocycles. The number of benzene rings is 1. The third-order valence-electron chi connectivity index (χ3n) is 3.15. The SMILES string of the molecule is O=[N+]([O-])c1cccnc1NCc1ccc(-n2cccn2)cc1. The largest absolute Gasteiger partial charge is 0.360 e. The van der Waals surface area contributed by atoms with Crippen molar-refractivity contribution in [3.63, 3.8) is 0 Å². The van der Waals surface area contributed by atoms with Crippen molar-refractivity contribution in [2.45, 2.75) is 6.54 Å². The predicted octanol–water partition coefficient (Wildman–Crippen LogP) is 2.79. The Kier molecular flexibility index (Phi) is 3.78. The topological polar surface area (TPSA) is 85.9 Å². The molecule has 0 unspecified atom stereocenters. The van der Waals surface area contributed by atoms with Crippen molar-refractivity contribution >= 4 is 11.5 Å². The van der Waals surface area contributed by atoms with Crippen LogP contribution in [0, 0.1) is 10.1 Å². The van der Waals surface area contributed by atoms with Crippen LogP contribution in [0.4, 0.5) is 11.5 Å². The molecule has 22 heavy (non-hydrogen) atoms. The van der Waals surface area contributed by atoms with E-state index in [1.807, 2.05) is 36.5 Å². The van der Waals surface area contributed by atoms with E-state index < -0.39 is 4.92 Å². The third-order valence-corrected chi connectivity index (χ3v) is 3.15. The molecule has 0 saturated carbocycles. The highest BCUT2D eigenvalue weighted by molar-refractivity contribution is 5.55. The fraction of sp³-hybridized carbons (Fsp3) is 0.0667. The first-order chi connectivity index (χ1) is 10.7. The van der Waals surface area contributed by atoms with Crippen molar-refractivity contribution in [3.8, 4) is 5.69 Å². The first-order valence-electron chi connectivity index (χ1n) is 6.66. The molecule has 2 aromatic heterocycles. The summed E-state index contributed by atoms with van der Waals surface area (Å²) >= 11 is 0. The maximum absolute atomic E-state index is 10.9. The van der Waals surface area contributed by atoms with Gasteiger partial charge in [-0.2, -0.15) is 5.10 Å². The van der Waals surface area contributed by atoms with E-state index in [0.29, 0.717) is 6.54 Å². The van der Waals surface area contributed by atoms with Gasteiger partial charge in [0.2, 0.25) is 5.82 Å². The molecule has 0 radical (unpaired) electrons. The van der Waals surface area contributed by atoms with E-state index in [9.17, 15) is 10.1 Å². The van der Waals surface area contributed by atoms with E-state index in [1.165, 1.54) is 12.3 Å². The molecule has 0 aliphatic carbocycles. The van der Waals surface area contributed by atoms with Crippen molar-refractivity contribution in [2.24, 2.45) is 0 Å². The molecule has 0 aliphatic rings. The number of pyridine rings is 1. The number of hydrogen-bond donors (Lipinski definition) is 1. The summed E-state index contributed by atoms with van der Waals surface area (Å²) in [6.45, 7) is 0.456. The zero-order valence-electron chi connectivity index (χ0n) is 11.6. The number of aromatic nitrogens is 3. The minimum absolute atomic E-state index is 0.0318. The molecule has 3 aromatic rings. The highest BCUT2D eigenvalue weighted by Gasteiger charge is 2.13. The minimum atomic E-state index is -0.448. The van der Waals surface area contributed by atoms with Gasteiger partial charge in [0.1, 0.15) is 0 Å². The van der Waals surface area contributed by atoms with Gasteiger partial charge in [-0.05, 0) is 29.8 Å². The van der Waals surface area contributed by atoms with Crippen molar-refractivity contribution in [2.75, 3.05) is 5.32 Å². The van der Waals surface area contributed by atoms with Gasteiger partial charge in [-0.25, -0.2) is 9.67 Å². The zero-order chi connectivity index (χ0) is 15.4. The second kappa shape index (κ2) is 6.04. The quantitative estimate of drug-likeness (QED) is 0.578. The number of nitro groups is 1. The molecule has 110 valence electrons. The second-order valence-corrected chi connectivity index (χ2v) is 4.60. The summed E-state index contributed by atoms with van der Waals surface area (Å²) in [7, 11) is 0. The Hall–Kier alpha value is -3.22. The fourth-order valence-electron chi connectivity index (χ4n) is 2.05. The smallest absolute Gasteiger partial charge is 0.311 e. The molecule has 1 aromatic carbocycles. The highest BCUT2D eigenvalue weighted by atomic mass is 16.6. The molecular formula is C15H13N5O2. The molecule has 3 rings (SSSR count). The van der Waals surface area contributed by atoms with Gasteiger partial charge in [-0.15, -0.1) is 0 Å². The number of hydrogen-bond acceptors (Lipinski definition) is 5. The summed E-state index contributed by atoms with van der Waals surface area (Å²) in [6.07, 6.45) is 5.11. The van der Waals surface area contributed by atoms with Gasteiger partial charge in [0.05, 0.1) is 10.6 Å². The molecule has 2 heterocycles.